The first kappa shape index (κ1) is 17.2. The van der Waals surface area contributed by atoms with Crippen LogP contribution in [0.25, 0.3) is 5.78 Å². The maximum Gasteiger partial charge on any atom is 0.254 e. The van der Waals surface area contributed by atoms with Crippen molar-refractivity contribution in [2.24, 2.45) is 0 Å². The van der Waals surface area contributed by atoms with Crippen LogP contribution in [0, 0.1) is 13.8 Å². The molecular formula is C18H26N6O2. The number of amides is 1. The van der Waals surface area contributed by atoms with Crippen LogP contribution < -0.4 is 5.73 Å². The predicted octanol–water partition coefficient (Wildman–Crippen LogP) is 1.43. The Labute approximate surface area is 152 Å². The zero-order chi connectivity index (χ0) is 18.3. The van der Waals surface area contributed by atoms with E-state index in [1.165, 1.54) is 12.8 Å². The Balaban J connectivity index is 1.50. The monoisotopic (exact) mass is 358 g/mol. The van der Waals surface area contributed by atoms with Gasteiger partial charge in [0.25, 0.3) is 5.78 Å². The summed E-state index contributed by atoms with van der Waals surface area (Å²) in [5.74, 6) is 0.929. The first-order valence-corrected chi connectivity index (χ1v) is 9.44. The Morgan fingerprint density at radius 1 is 1.27 bits per heavy atom. The molecular weight excluding hydrogens is 332 g/mol. The van der Waals surface area contributed by atoms with Crippen LogP contribution in [0.5, 0.6) is 0 Å². The average Bonchev–Trinajstić information content (AvgIpc) is 3.01. The third-order valence-corrected chi connectivity index (χ3v) is 5.71. The molecule has 2 fully saturated rings. The van der Waals surface area contributed by atoms with E-state index in [1.807, 2.05) is 13.8 Å². The van der Waals surface area contributed by atoms with Gasteiger partial charge in [-0.15, -0.1) is 5.10 Å². The van der Waals surface area contributed by atoms with E-state index in [4.69, 9.17) is 10.5 Å². The van der Waals surface area contributed by atoms with Crippen molar-refractivity contribution in [2.75, 3.05) is 18.9 Å². The quantitative estimate of drug-likeness (QED) is 0.891. The number of nitrogens with zero attached hydrogens (tertiary/aromatic N) is 5. The molecule has 4 rings (SSSR count). The van der Waals surface area contributed by atoms with Crippen LogP contribution in [0.2, 0.25) is 0 Å². The summed E-state index contributed by atoms with van der Waals surface area (Å²) in [5.41, 5.74) is 8.56. The minimum atomic E-state index is 0.210. The highest BCUT2D eigenvalue weighted by molar-refractivity contribution is 5.77. The third-order valence-electron chi connectivity index (χ3n) is 5.71. The summed E-state index contributed by atoms with van der Waals surface area (Å²) in [4.78, 5) is 23.6. The molecule has 2 aliphatic rings. The van der Waals surface area contributed by atoms with Gasteiger partial charge in [-0.05, 0) is 38.7 Å². The molecule has 2 atom stereocenters. The van der Waals surface area contributed by atoms with Gasteiger partial charge in [0.2, 0.25) is 11.9 Å². The fraction of sp³-hybridized carbons (Fsp3) is 0.667. The number of hydrogen-bond acceptors (Lipinski definition) is 6. The molecule has 1 saturated heterocycles. The van der Waals surface area contributed by atoms with Gasteiger partial charge in [-0.1, -0.05) is 12.8 Å². The Hall–Kier alpha value is -2.22. The van der Waals surface area contributed by atoms with Crippen LogP contribution in [0.3, 0.4) is 0 Å². The lowest BCUT2D eigenvalue weighted by Gasteiger charge is -2.43. The Morgan fingerprint density at radius 2 is 2.08 bits per heavy atom. The van der Waals surface area contributed by atoms with E-state index in [1.54, 1.807) is 4.52 Å². The maximum absolute atomic E-state index is 12.9. The summed E-state index contributed by atoms with van der Waals surface area (Å²) in [5, 5.41) is 4.19. The van der Waals surface area contributed by atoms with Crippen LogP contribution in [0.15, 0.2) is 0 Å². The number of rotatable bonds is 3. The zero-order valence-corrected chi connectivity index (χ0v) is 15.4. The van der Waals surface area contributed by atoms with Crippen molar-refractivity contribution in [2.45, 2.75) is 64.5 Å². The first-order chi connectivity index (χ1) is 12.5. The lowest BCUT2D eigenvalue weighted by molar-refractivity contribution is -0.149. The van der Waals surface area contributed by atoms with Gasteiger partial charge in [0.1, 0.15) is 0 Å². The highest BCUT2D eigenvalue weighted by atomic mass is 16.5. The molecule has 140 valence electrons. The molecule has 2 aromatic heterocycles. The van der Waals surface area contributed by atoms with E-state index in [2.05, 4.69) is 20.0 Å². The first-order valence-electron chi connectivity index (χ1n) is 9.44. The molecule has 8 nitrogen and oxygen atoms in total. The van der Waals surface area contributed by atoms with Gasteiger partial charge in [0.15, 0.2) is 0 Å². The topological polar surface area (TPSA) is 98.6 Å². The Bertz CT molecular complexity index is 831. The van der Waals surface area contributed by atoms with Gasteiger partial charge in [-0.25, -0.2) is 4.98 Å². The van der Waals surface area contributed by atoms with Crippen molar-refractivity contribution >= 4 is 17.6 Å². The number of aromatic nitrogens is 4. The van der Waals surface area contributed by atoms with E-state index < -0.39 is 0 Å². The van der Waals surface area contributed by atoms with Gasteiger partial charge < -0.3 is 15.4 Å². The fourth-order valence-corrected chi connectivity index (χ4v) is 4.37. The van der Waals surface area contributed by atoms with Crippen LogP contribution in [-0.4, -0.2) is 55.7 Å². The van der Waals surface area contributed by atoms with E-state index >= 15 is 0 Å². The third kappa shape index (κ3) is 3.02. The minimum absolute atomic E-state index is 0.210. The number of aryl methyl sites for hydroxylation is 2. The number of anilines is 1. The standard InChI is InChI=1S/C18H26N6O2/c1-11-13(12(2)24-18(20-11)21-17(19)22-24)7-8-16(25)23-9-10-26-15-6-4-3-5-14(15)23/h14-15H,3-10H2,1-2H3,(H2,19,22). The predicted molar refractivity (Wildman–Crippen MR) is 96.7 cm³/mol. The molecule has 2 aromatic rings. The van der Waals surface area contributed by atoms with E-state index in [0.717, 1.165) is 29.8 Å². The number of carbonyl (C=O) groups excluding carboxylic acids is 1. The SMILES string of the molecule is Cc1nc2nc(N)nn2c(C)c1CCC(=O)N1CCOC2CCCCC21. The zero-order valence-electron chi connectivity index (χ0n) is 15.4. The molecule has 1 aliphatic carbocycles. The second kappa shape index (κ2) is 6.83. The molecule has 2 N–H and O–H groups in total. The normalized spacial score (nSPS) is 23.2. The molecule has 1 aliphatic heterocycles. The fourth-order valence-electron chi connectivity index (χ4n) is 4.37. The minimum Gasteiger partial charge on any atom is -0.374 e. The number of fused-ring (bicyclic) bond motifs is 2. The highest BCUT2D eigenvalue weighted by Gasteiger charge is 2.36. The lowest BCUT2D eigenvalue weighted by atomic mass is 9.90. The van der Waals surface area contributed by atoms with Crippen molar-refractivity contribution in [1.29, 1.82) is 0 Å². The van der Waals surface area contributed by atoms with Crippen molar-refractivity contribution < 1.29 is 9.53 Å². The van der Waals surface area contributed by atoms with Crippen molar-refractivity contribution in [1.82, 2.24) is 24.5 Å². The number of nitrogens with two attached hydrogens (primary N) is 1. The number of morpholine rings is 1. The largest absolute Gasteiger partial charge is 0.374 e. The van der Waals surface area contributed by atoms with Crippen molar-refractivity contribution in [3.63, 3.8) is 0 Å². The van der Waals surface area contributed by atoms with Crippen LogP contribution in [-0.2, 0) is 16.0 Å². The van der Waals surface area contributed by atoms with Gasteiger partial charge in [-0.2, -0.15) is 9.50 Å². The molecule has 2 unspecified atom stereocenters. The van der Waals surface area contributed by atoms with Crippen LogP contribution >= 0.6 is 0 Å². The van der Waals surface area contributed by atoms with Gasteiger partial charge in [0, 0.05) is 24.4 Å². The Morgan fingerprint density at radius 3 is 2.92 bits per heavy atom. The highest BCUT2D eigenvalue weighted by Crippen LogP contribution is 2.29. The maximum atomic E-state index is 12.9. The lowest BCUT2D eigenvalue weighted by Crippen LogP contribution is -2.54. The molecule has 0 spiro atoms. The van der Waals surface area contributed by atoms with Crippen LogP contribution in [0.1, 0.15) is 49.1 Å². The summed E-state index contributed by atoms with van der Waals surface area (Å²) < 4.78 is 7.54. The number of ether oxygens (including phenoxy) is 1. The average molecular weight is 358 g/mol. The van der Waals surface area contributed by atoms with E-state index in [0.29, 0.717) is 31.8 Å². The van der Waals surface area contributed by atoms with Crippen molar-refractivity contribution in [3.05, 3.63) is 17.0 Å². The molecule has 26 heavy (non-hydrogen) atoms. The van der Waals surface area contributed by atoms with Gasteiger partial charge >= 0.3 is 0 Å². The molecule has 0 radical (unpaired) electrons. The second-order valence-corrected chi connectivity index (χ2v) is 7.29. The Kier molecular flexibility index (Phi) is 4.52. The van der Waals surface area contributed by atoms with Crippen LogP contribution in [0.4, 0.5) is 5.95 Å². The second-order valence-electron chi connectivity index (χ2n) is 7.29. The smallest absolute Gasteiger partial charge is 0.254 e. The summed E-state index contributed by atoms with van der Waals surface area (Å²) in [6, 6.07) is 0.253. The molecule has 0 bridgehead atoms. The van der Waals surface area contributed by atoms with E-state index in [9.17, 15) is 4.79 Å². The van der Waals surface area contributed by atoms with Gasteiger partial charge in [-0.3, -0.25) is 4.79 Å². The molecule has 8 heteroatoms. The summed E-state index contributed by atoms with van der Waals surface area (Å²) in [6.45, 7) is 5.27. The molecule has 1 saturated carbocycles. The summed E-state index contributed by atoms with van der Waals surface area (Å²) in [6.07, 6.45) is 5.85. The van der Waals surface area contributed by atoms with Crippen molar-refractivity contribution in [3.8, 4) is 0 Å². The molecule has 0 aromatic carbocycles. The van der Waals surface area contributed by atoms with E-state index in [-0.39, 0.29) is 24.0 Å². The molecule has 3 heterocycles. The molecule has 1 amide bonds. The van der Waals surface area contributed by atoms with Gasteiger partial charge in [0.05, 0.1) is 18.8 Å². The summed E-state index contributed by atoms with van der Waals surface area (Å²) >= 11 is 0. The number of carbonyl (C=O) groups is 1. The number of hydrogen-bond donors (Lipinski definition) is 1. The number of nitrogen functional groups attached to an aromatic ring is 1. The summed E-state index contributed by atoms with van der Waals surface area (Å²) in [7, 11) is 0.